The van der Waals surface area contributed by atoms with Gasteiger partial charge in [-0.05, 0) is 33.6 Å². The molecule has 0 radical (unpaired) electrons. The van der Waals surface area contributed by atoms with E-state index in [4.69, 9.17) is 4.52 Å². The quantitative estimate of drug-likeness (QED) is 0.793. The highest BCUT2D eigenvalue weighted by atomic mass is 79.9. The van der Waals surface area contributed by atoms with Gasteiger partial charge in [0.1, 0.15) is 0 Å². The Morgan fingerprint density at radius 1 is 1.16 bits per heavy atom. The van der Waals surface area contributed by atoms with E-state index in [-0.39, 0.29) is 5.89 Å². The van der Waals surface area contributed by atoms with Crippen molar-refractivity contribution in [3.8, 4) is 10.7 Å². The SMILES string of the molecule is OC(c1ccccc1)c1nc(-c2ccc(Br)s2)no1. The zero-order valence-corrected chi connectivity index (χ0v) is 12.1. The molecule has 4 nitrogen and oxygen atoms in total. The van der Waals surface area contributed by atoms with Crippen LogP contribution in [0.2, 0.25) is 0 Å². The minimum atomic E-state index is -0.897. The summed E-state index contributed by atoms with van der Waals surface area (Å²) in [4.78, 5) is 5.12. The van der Waals surface area contributed by atoms with Crippen LogP contribution >= 0.6 is 27.3 Å². The van der Waals surface area contributed by atoms with Crippen molar-refractivity contribution in [2.24, 2.45) is 0 Å². The van der Waals surface area contributed by atoms with Gasteiger partial charge in [-0.1, -0.05) is 35.5 Å². The van der Waals surface area contributed by atoms with Crippen molar-refractivity contribution in [2.45, 2.75) is 6.10 Å². The van der Waals surface area contributed by atoms with Crippen molar-refractivity contribution < 1.29 is 9.63 Å². The standard InChI is InChI=1S/C13H9BrN2O2S/c14-10-7-6-9(19-10)12-15-13(18-16-12)11(17)8-4-2-1-3-5-8/h1-7,11,17H. The average molecular weight is 337 g/mol. The normalized spacial score (nSPS) is 12.5. The monoisotopic (exact) mass is 336 g/mol. The number of nitrogens with zero attached hydrogens (tertiary/aromatic N) is 2. The molecule has 0 aliphatic rings. The van der Waals surface area contributed by atoms with Gasteiger partial charge in [0.05, 0.1) is 8.66 Å². The number of hydrogen-bond acceptors (Lipinski definition) is 5. The number of aliphatic hydroxyl groups excluding tert-OH is 1. The van der Waals surface area contributed by atoms with Crippen LogP contribution in [0.1, 0.15) is 17.6 Å². The number of rotatable bonds is 3. The second kappa shape index (κ2) is 5.24. The Hall–Kier alpha value is -1.50. The van der Waals surface area contributed by atoms with Crippen LogP contribution < -0.4 is 0 Å². The van der Waals surface area contributed by atoms with Crippen molar-refractivity contribution in [3.63, 3.8) is 0 Å². The fraction of sp³-hybridized carbons (Fsp3) is 0.0769. The number of benzene rings is 1. The Kier molecular flexibility index (Phi) is 3.46. The first-order chi connectivity index (χ1) is 9.24. The summed E-state index contributed by atoms with van der Waals surface area (Å²) in [5, 5.41) is 14.0. The number of aliphatic hydroxyl groups is 1. The van der Waals surface area contributed by atoms with E-state index in [1.165, 1.54) is 11.3 Å². The molecule has 0 aliphatic carbocycles. The summed E-state index contributed by atoms with van der Waals surface area (Å²) in [5.41, 5.74) is 0.727. The van der Waals surface area contributed by atoms with Crippen LogP contribution in [0, 0.1) is 0 Å². The Morgan fingerprint density at radius 2 is 1.95 bits per heavy atom. The topological polar surface area (TPSA) is 59.2 Å². The van der Waals surface area contributed by atoms with Crippen molar-refractivity contribution in [1.82, 2.24) is 10.1 Å². The summed E-state index contributed by atoms with van der Waals surface area (Å²) >= 11 is 4.90. The Morgan fingerprint density at radius 3 is 2.63 bits per heavy atom. The van der Waals surface area contributed by atoms with E-state index in [1.54, 1.807) is 0 Å². The van der Waals surface area contributed by atoms with Gasteiger partial charge in [0.2, 0.25) is 5.82 Å². The number of aromatic nitrogens is 2. The molecule has 1 unspecified atom stereocenters. The molecule has 0 aliphatic heterocycles. The van der Waals surface area contributed by atoms with E-state index in [2.05, 4.69) is 26.1 Å². The molecule has 2 heterocycles. The lowest BCUT2D eigenvalue weighted by Gasteiger charge is -2.04. The number of thiophene rings is 1. The summed E-state index contributed by atoms with van der Waals surface area (Å²) < 4.78 is 6.12. The molecule has 1 aromatic carbocycles. The minimum absolute atomic E-state index is 0.200. The lowest BCUT2D eigenvalue weighted by molar-refractivity contribution is 0.170. The highest BCUT2D eigenvalue weighted by Gasteiger charge is 2.19. The van der Waals surface area contributed by atoms with Crippen molar-refractivity contribution in [2.75, 3.05) is 0 Å². The van der Waals surface area contributed by atoms with Crippen molar-refractivity contribution in [1.29, 1.82) is 0 Å². The van der Waals surface area contributed by atoms with Gasteiger partial charge in [-0.25, -0.2) is 0 Å². The lowest BCUT2D eigenvalue weighted by Crippen LogP contribution is -1.99. The van der Waals surface area contributed by atoms with Crippen LogP contribution in [-0.2, 0) is 0 Å². The van der Waals surface area contributed by atoms with Gasteiger partial charge in [-0.15, -0.1) is 11.3 Å². The molecule has 0 amide bonds. The zero-order chi connectivity index (χ0) is 13.2. The van der Waals surface area contributed by atoms with Crippen molar-refractivity contribution in [3.05, 3.63) is 57.7 Å². The maximum atomic E-state index is 10.2. The van der Waals surface area contributed by atoms with E-state index < -0.39 is 6.10 Å². The Labute approximate surface area is 121 Å². The molecule has 0 fully saturated rings. The maximum Gasteiger partial charge on any atom is 0.260 e. The summed E-state index contributed by atoms with van der Waals surface area (Å²) in [5.74, 6) is 0.686. The Bertz CT molecular complexity index is 681. The molecule has 96 valence electrons. The van der Waals surface area contributed by atoms with Gasteiger partial charge in [-0.2, -0.15) is 4.98 Å². The first kappa shape index (κ1) is 12.5. The highest BCUT2D eigenvalue weighted by molar-refractivity contribution is 9.11. The average Bonchev–Trinajstić information content (AvgIpc) is 3.07. The third-order valence-corrected chi connectivity index (χ3v) is 4.20. The van der Waals surface area contributed by atoms with E-state index >= 15 is 0 Å². The van der Waals surface area contributed by atoms with Crippen LogP contribution in [0.4, 0.5) is 0 Å². The molecule has 2 aromatic heterocycles. The fourth-order valence-electron chi connectivity index (χ4n) is 1.66. The molecule has 3 aromatic rings. The third-order valence-electron chi connectivity index (χ3n) is 2.58. The molecule has 0 spiro atoms. The minimum Gasteiger partial charge on any atom is -0.378 e. The van der Waals surface area contributed by atoms with Gasteiger partial charge in [0, 0.05) is 0 Å². The van der Waals surface area contributed by atoms with E-state index in [1.807, 2.05) is 42.5 Å². The third kappa shape index (κ3) is 2.60. The molecule has 0 saturated carbocycles. The van der Waals surface area contributed by atoms with E-state index in [0.29, 0.717) is 5.82 Å². The molecule has 19 heavy (non-hydrogen) atoms. The van der Waals surface area contributed by atoms with Gasteiger partial charge < -0.3 is 9.63 Å². The second-order valence-corrected chi connectivity index (χ2v) is 6.34. The molecule has 1 N–H and O–H groups in total. The number of halogens is 1. The van der Waals surface area contributed by atoms with Crippen molar-refractivity contribution >= 4 is 27.3 Å². The predicted molar refractivity (Wildman–Crippen MR) is 75.8 cm³/mol. The van der Waals surface area contributed by atoms with Gasteiger partial charge in [-0.3, -0.25) is 0 Å². The van der Waals surface area contributed by atoms with Gasteiger partial charge in [0.25, 0.3) is 5.89 Å². The summed E-state index contributed by atoms with van der Waals surface area (Å²) in [7, 11) is 0. The zero-order valence-electron chi connectivity index (χ0n) is 9.65. The molecule has 0 saturated heterocycles. The van der Waals surface area contributed by atoms with E-state index in [0.717, 1.165) is 14.2 Å². The van der Waals surface area contributed by atoms with Crippen LogP contribution in [0.25, 0.3) is 10.7 Å². The smallest absolute Gasteiger partial charge is 0.260 e. The van der Waals surface area contributed by atoms with Gasteiger partial charge >= 0.3 is 0 Å². The Balaban J connectivity index is 1.89. The van der Waals surface area contributed by atoms with Crippen LogP contribution in [0.3, 0.4) is 0 Å². The number of hydrogen-bond donors (Lipinski definition) is 1. The van der Waals surface area contributed by atoms with Crippen LogP contribution in [0.15, 0.2) is 50.8 Å². The van der Waals surface area contributed by atoms with Crippen LogP contribution in [-0.4, -0.2) is 15.2 Å². The van der Waals surface area contributed by atoms with E-state index in [9.17, 15) is 5.11 Å². The summed E-state index contributed by atoms with van der Waals surface area (Å²) in [6.45, 7) is 0. The molecular formula is C13H9BrN2O2S. The lowest BCUT2D eigenvalue weighted by atomic mass is 10.1. The highest BCUT2D eigenvalue weighted by Crippen LogP contribution is 2.30. The molecule has 6 heteroatoms. The maximum absolute atomic E-state index is 10.2. The first-order valence-electron chi connectivity index (χ1n) is 5.56. The molecule has 0 bridgehead atoms. The summed E-state index contributed by atoms with van der Waals surface area (Å²) in [6, 6.07) is 13.0. The molecule has 1 atom stereocenters. The molecule has 3 rings (SSSR count). The molecular weight excluding hydrogens is 328 g/mol. The predicted octanol–water partition coefficient (Wildman–Crippen LogP) is 3.64. The first-order valence-corrected chi connectivity index (χ1v) is 7.17. The fourth-order valence-corrected chi connectivity index (χ4v) is 2.97. The van der Waals surface area contributed by atoms with Crippen LogP contribution in [0.5, 0.6) is 0 Å². The summed E-state index contributed by atoms with van der Waals surface area (Å²) in [6.07, 6.45) is -0.897. The van der Waals surface area contributed by atoms with Gasteiger partial charge in [0.15, 0.2) is 6.10 Å². The largest absolute Gasteiger partial charge is 0.378 e. The second-order valence-electron chi connectivity index (χ2n) is 3.87.